The molecule has 0 saturated heterocycles. The first-order valence-corrected chi connectivity index (χ1v) is 9.03. The SMILES string of the molecule is COc1cc(C(C)=O)ccc1Nc1nc(-c2sc(C)nc2C)cs1. The average Bonchev–Trinajstić information content (AvgIpc) is 3.13. The van der Waals surface area contributed by atoms with E-state index in [4.69, 9.17) is 4.74 Å². The van der Waals surface area contributed by atoms with E-state index >= 15 is 0 Å². The largest absolute Gasteiger partial charge is 0.495 e. The monoisotopic (exact) mass is 359 g/mol. The highest BCUT2D eigenvalue weighted by Gasteiger charge is 2.13. The molecular weight excluding hydrogens is 342 g/mol. The van der Waals surface area contributed by atoms with Crippen molar-refractivity contribution in [2.75, 3.05) is 12.4 Å². The second-order valence-electron chi connectivity index (χ2n) is 5.28. The van der Waals surface area contributed by atoms with E-state index in [0.717, 1.165) is 32.1 Å². The van der Waals surface area contributed by atoms with Gasteiger partial charge in [0.25, 0.3) is 0 Å². The van der Waals surface area contributed by atoms with Crippen LogP contribution in [0.4, 0.5) is 10.8 Å². The van der Waals surface area contributed by atoms with Gasteiger partial charge in [-0.25, -0.2) is 9.97 Å². The van der Waals surface area contributed by atoms with E-state index in [1.54, 1.807) is 30.6 Å². The molecule has 0 radical (unpaired) electrons. The molecule has 2 aromatic heterocycles. The first-order valence-electron chi connectivity index (χ1n) is 7.34. The Morgan fingerprint density at radius 2 is 2.04 bits per heavy atom. The number of aromatic nitrogens is 2. The molecule has 24 heavy (non-hydrogen) atoms. The Bertz CT molecular complexity index is 899. The Kier molecular flexibility index (Phi) is 4.64. The number of nitrogens with one attached hydrogen (secondary N) is 1. The van der Waals surface area contributed by atoms with Gasteiger partial charge in [-0.2, -0.15) is 0 Å². The van der Waals surface area contributed by atoms with E-state index < -0.39 is 0 Å². The average molecular weight is 359 g/mol. The third-order valence-corrected chi connectivity index (χ3v) is 5.34. The zero-order valence-electron chi connectivity index (χ0n) is 13.8. The van der Waals surface area contributed by atoms with E-state index in [1.807, 2.05) is 25.3 Å². The molecular formula is C17H17N3O2S2. The van der Waals surface area contributed by atoms with Crippen molar-refractivity contribution in [1.82, 2.24) is 9.97 Å². The van der Waals surface area contributed by atoms with Gasteiger partial charge in [0.1, 0.15) is 5.75 Å². The predicted molar refractivity (Wildman–Crippen MR) is 99.0 cm³/mol. The Balaban J connectivity index is 1.87. The number of methoxy groups -OCH3 is 1. The molecule has 0 amide bonds. The molecule has 3 aromatic rings. The molecule has 3 rings (SSSR count). The zero-order valence-corrected chi connectivity index (χ0v) is 15.5. The number of benzene rings is 1. The minimum Gasteiger partial charge on any atom is -0.495 e. The molecule has 0 unspecified atom stereocenters. The molecule has 0 bridgehead atoms. The van der Waals surface area contributed by atoms with Crippen LogP contribution in [0.3, 0.4) is 0 Å². The summed E-state index contributed by atoms with van der Waals surface area (Å²) in [5, 5.41) is 7.08. The van der Waals surface area contributed by atoms with Crippen molar-refractivity contribution in [3.63, 3.8) is 0 Å². The summed E-state index contributed by atoms with van der Waals surface area (Å²) in [7, 11) is 1.58. The molecule has 0 aliphatic carbocycles. The predicted octanol–water partition coefficient (Wildman–Crippen LogP) is 4.84. The van der Waals surface area contributed by atoms with Gasteiger partial charge >= 0.3 is 0 Å². The number of aryl methyl sites for hydroxylation is 2. The maximum atomic E-state index is 11.5. The second-order valence-corrected chi connectivity index (χ2v) is 7.34. The van der Waals surface area contributed by atoms with E-state index in [9.17, 15) is 4.79 Å². The normalized spacial score (nSPS) is 10.7. The summed E-state index contributed by atoms with van der Waals surface area (Å²) in [5.41, 5.74) is 3.32. The van der Waals surface area contributed by atoms with Gasteiger partial charge in [-0.15, -0.1) is 22.7 Å². The number of carbonyl (C=O) groups excluding carboxylic acids is 1. The highest BCUT2D eigenvalue weighted by atomic mass is 32.1. The standard InChI is InChI=1S/C17H17N3O2S2/c1-9-16(24-11(3)18-9)14-8-23-17(20-14)19-13-6-5-12(10(2)21)7-15(13)22-4/h5-8H,1-4H3,(H,19,20). The Morgan fingerprint density at radius 3 is 2.67 bits per heavy atom. The fourth-order valence-corrected chi connectivity index (χ4v) is 4.00. The third kappa shape index (κ3) is 3.32. The van der Waals surface area contributed by atoms with Gasteiger partial charge in [0.2, 0.25) is 0 Å². The number of rotatable bonds is 5. The van der Waals surface area contributed by atoms with Crippen molar-refractivity contribution in [3.8, 4) is 16.3 Å². The van der Waals surface area contributed by atoms with Gasteiger partial charge in [0, 0.05) is 10.9 Å². The van der Waals surface area contributed by atoms with E-state index in [0.29, 0.717) is 11.3 Å². The van der Waals surface area contributed by atoms with Crippen LogP contribution in [0.25, 0.3) is 10.6 Å². The van der Waals surface area contributed by atoms with Crippen LogP contribution < -0.4 is 10.1 Å². The van der Waals surface area contributed by atoms with Gasteiger partial charge in [0.15, 0.2) is 10.9 Å². The molecule has 0 aliphatic heterocycles. The van der Waals surface area contributed by atoms with Crippen LogP contribution >= 0.6 is 22.7 Å². The number of thiazole rings is 2. The van der Waals surface area contributed by atoms with Gasteiger partial charge in [-0.3, -0.25) is 4.79 Å². The molecule has 7 heteroatoms. The Hall–Kier alpha value is -2.25. The van der Waals surface area contributed by atoms with Crippen molar-refractivity contribution in [3.05, 3.63) is 39.8 Å². The van der Waals surface area contributed by atoms with Crippen molar-refractivity contribution in [1.29, 1.82) is 0 Å². The summed E-state index contributed by atoms with van der Waals surface area (Å²) >= 11 is 3.16. The summed E-state index contributed by atoms with van der Waals surface area (Å²) < 4.78 is 5.38. The van der Waals surface area contributed by atoms with Crippen molar-refractivity contribution in [2.45, 2.75) is 20.8 Å². The van der Waals surface area contributed by atoms with Crippen LogP contribution in [-0.4, -0.2) is 22.9 Å². The third-order valence-electron chi connectivity index (χ3n) is 3.49. The van der Waals surface area contributed by atoms with Gasteiger partial charge in [0.05, 0.1) is 34.1 Å². The van der Waals surface area contributed by atoms with Crippen LogP contribution in [0.2, 0.25) is 0 Å². The first kappa shape index (κ1) is 16.6. The van der Waals surface area contributed by atoms with Crippen LogP contribution in [0, 0.1) is 13.8 Å². The second kappa shape index (κ2) is 6.70. The van der Waals surface area contributed by atoms with Crippen LogP contribution in [0.1, 0.15) is 28.0 Å². The number of ketones is 1. The van der Waals surface area contributed by atoms with E-state index in [2.05, 4.69) is 15.3 Å². The number of carbonyl (C=O) groups is 1. The lowest BCUT2D eigenvalue weighted by molar-refractivity contribution is 0.101. The van der Waals surface area contributed by atoms with Crippen molar-refractivity contribution >= 4 is 39.3 Å². The number of nitrogens with zero attached hydrogens (tertiary/aromatic N) is 2. The maximum absolute atomic E-state index is 11.5. The highest BCUT2D eigenvalue weighted by Crippen LogP contribution is 2.35. The maximum Gasteiger partial charge on any atom is 0.187 e. The summed E-state index contributed by atoms with van der Waals surface area (Å²) in [5.74, 6) is 0.622. The molecule has 1 aromatic carbocycles. The summed E-state index contributed by atoms with van der Waals surface area (Å²) in [6.45, 7) is 5.53. The van der Waals surface area contributed by atoms with Crippen LogP contribution in [0.15, 0.2) is 23.6 Å². The highest BCUT2D eigenvalue weighted by molar-refractivity contribution is 7.16. The molecule has 0 saturated carbocycles. The molecule has 5 nitrogen and oxygen atoms in total. The Morgan fingerprint density at radius 1 is 1.25 bits per heavy atom. The summed E-state index contributed by atoms with van der Waals surface area (Å²) in [6.07, 6.45) is 0. The number of ether oxygens (including phenoxy) is 1. The van der Waals surface area contributed by atoms with Crippen LogP contribution in [-0.2, 0) is 0 Å². The summed E-state index contributed by atoms with van der Waals surface area (Å²) in [6, 6.07) is 5.34. The molecule has 0 fully saturated rings. The molecule has 0 atom stereocenters. The zero-order chi connectivity index (χ0) is 17.3. The minimum absolute atomic E-state index is 0.00688. The molecule has 2 heterocycles. The fraction of sp³-hybridized carbons (Fsp3) is 0.235. The number of hydrogen-bond acceptors (Lipinski definition) is 7. The van der Waals surface area contributed by atoms with Crippen molar-refractivity contribution in [2.24, 2.45) is 0 Å². The lowest BCUT2D eigenvalue weighted by Gasteiger charge is -2.10. The fourth-order valence-electron chi connectivity index (χ4n) is 2.33. The number of anilines is 2. The Labute approximate surface area is 148 Å². The quantitative estimate of drug-likeness (QED) is 0.661. The van der Waals surface area contributed by atoms with Gasteiger partial charge < -0.3 is 10.1 Å². The van der Waals surface area contributed by atoms with Crippen molar-refractivity contribution < 1.29 is 9.53 Å². The molecule has 124 valence electrons. The number of hydrogen-bond donors (Lipinski definition) is 1. The van der Waals surface area contributed by atoms with Crippen LogP contribution in [0.5, 0.6) is 5.75 Å². The lowest BCUT2D eigenvalue weighted by atomic mass is 10.1. The molecule has 1 N–H and O–H groups in total. The minimum atomic E-state index is 0.00688. The van der Waals surface area contributed by atoms with Gasteiger partial charge in [-0.1, -0.05) is 0 Å². The van der Waals surface area contributed by atoms with E-state index in [1.165, 1.54) is 18.3 Å². The number of Topliss-reactive ketones (excluding diaryl/α,β-unsaturated/α-hetero) is 1. The summed E-state index contributed by atoms with van der Waals surface area (Å²) in [4.78, 5) is 21.7. The smallest absolute Gasteiger partial charge is 0.187 e. The topological polar surface area (TPSA) is 64.1 Å². The van der Waals surface area contributed by atoms with Gasteiger partial charge in [-0.05, 0) is 39.0 Å². The van der Waals surface area contributed by atoms with E-state index in [-0.39, 0.29) is 5.78 Å². The lowest BCUT2D eigenvalue weighted by Crippen LogP contribution is -1.98. The molecule has 0 aliphatic rings. The first-order chi connectivity index (χ1) is 11.5. The molecule has 0 spiro atoms.